The number of imide groups is 1. The van der Waals surface area contributed by atoms with E-state index in [0.717, 1.165) is 11.1 Å². The molecule has 0 unspecified atom stereocenters. The van der Waals surface area contributed by atoms with Crippen molar-refractivity contribution in [3.63, 3.8) is 0 Å². The van der Waals surface area contributed by atoms with Gasteiger partial charge in [-0.05, 0) is 11.6 Å². The molecule has 1 aromatic carbocycles. The van der Waals surface area contributed by atoms with Gasteiger partial charge in [-0.1, -0.05) is 30.0 Å². The van der Waals surface area contributed by atoms with Gasteiger partial charge in [0, 0.05) is 5.56 Å². The Morgan fingerprint density at radius 2 is 2.11 bits per heavy atom. The van der Waals surface area contributed by atoms with E-state index in [-0.39, 0.29) is 31.6 Å². The summed E-state index contributed by atoms with van der Waals surface area (Å²) < 4.78 is 0. The van der Waals surface area contributed by atoms with E-state index in [1.54, 1.807) is 0 Å². The monoisotopic (exact) mass is 243 g/mol. The fraction of sp³-hybridized carbons (Fsp3) is 0.231. The van der Waals surface area contributed by atoms with Gasteiger partial charge in [0.15, 0.2) is 0 Å². The summed E-state index contributed by atoms with van der Waals surface area (Å²) in [6.07, 6.45) is 0. The van der Waals surface area contributed by atoms with Crippen molar-refractivity contribution in [3.8, 4) is 11.8 Å². The first-order valence-corrected chi connectivity index (χ1v) is 5.57. The number of hydrogen-bond acceptors (Lipinski definition) is 3. The zero-order chi connectivity index (χ0) is 13.0. The second-order valence-electron chi connectivity index (χ2n) is 3.80. The topological polar surface area (TPSA) is 75.4 Å². The molecule has 1 heterocycles. The minimum absolute atomic E-state index is 0.0650. The van der Waals surface area contributed by atoms with E-state index in [4.69, 9.17) is 5.73 Å². The molecule has 0 aliphatic carbocycles. The van der Waals surface area contributed by atoms with Crippen molar-refractivity contribution < 1.29 is 9.59 Å². The maximum absolute atomic E-state index is 11.5. The molecule has 0 aromatic heterocycles. The smallest absolute Gasteiger partial charge is 0.324 e. The summed E-state index contributed by atoms with van der Waals surface area (Å²) >= 11 is 0. The minimum atomic E-state index is -0.360. The predicted molar refractivity (Wildman–Crippen MR) is 66.3 cm³/mol. The number of benzene rings is 1. The van der Waals surface area contributed by atoms with Crippen LogP contribution in [0.2, 0.25) is 0 Å². The Kier molecular flexibility index (Phi) is 3.60. The number of urea groups is 1. The normalized spacial score (nSPS) is 14.2. The van der Waals surface area contributed by atoms with Gasteiger partial charge < -0.3 is 11.1 Å². The van der Waals surface area contributed by atoms with Gasteiger partial charge in [0.2, 0.25) is 5.91 Å². The fourth-order valence-electron chi connectivity index (χ4n) is 1.71. The highest BCUT2D eigenvalue weighted by Crippen LogP contribution is 2.12. The van der Waals surface area contributed by atoms with Crippen LogP contribution in [0.15, 0.2) is 24.3 Å². The van der Waals surface area contributed by atoms with E-state index in [1.807, 2.05) is 24.3 Å². The second kappa shape index (κ2) is 5.34. The summed E-state index contributed by atoms with van der Waals surface area (Å²) in [6.45, 7) is 0.576. The number of rotatable bonds is 2. The van der Waals surface area contributed by atoms with Crippen LogP contribution in [0, 0.1) is 11.8 Å². The molecule has 3 N–H and O–H groups in total. The number of nitrogens with one attached hydrogen (secondary N) is 1. The van der Waals surface area contributed by atoms with Gasteiger partial charge in [-0.15, -0.1) is 0 Å². The van der Waals surface area contributed by atoms with Gasteiger partial charge in [-0.25, -0.2) is 4.79 Å². The molecule has 92 valence electrons. The molecule has 5 nitrogen and oxygen atoms in total. The van der Waals surface area contributed by atoms with E-state index in [0.29, 0.717) is 0 Å². The first-order chi connectivity index (χ1) is 8.72. The van der Waals surface area contributed by atoms with E-state index in [2.05, 4.69) is 17.2 Å². The molecule has 0 radical (unpaired) electrons. The third-order valence-corrected chi connectivity index (χ3v) is 2.61. The maximum atomic E-state index is 11.5. The van der Waals surface area contributed by atoms with Gasteiger partial charge in [-0.3, -0.25) is 9.69 Å². The fourth-order valence-corrected chi connectivity index (χ4v) is 1.71. The average molecular weight is 243 g/mol. The van der Waals surface area contributed by atoms with E-state index in [1.165, 1.54) is 4.90 Å². The minimum Gasteiger partial charge on any atom is -0.329 e. The van der Waals surface area contributed by atoms with E-state index < -0.39 is 0 Å². The number of nitrogens with zero attached hydrogens (tertiary/aromatic N) is 1. The van der Waals surface area contributed by atoms with Crippen LogP contribution in [0.1, 0.15) is 11.1 Å². The van der Waals surface area contributed by atoms with E-state index >= 15 is 0 Å². The zero-order valence-electron chi connectivity index (χ0n) is 9.77. The zero-order valence-corrected chi connectivity index (χ0v) is 9.77. The third-order valence-electron chi connectivity index (χ3n) is 2.61. The lowest BCUT2D eigenvalue weighted by molar-refractivity contribution is -0.125. The van der Waals surface area contributed by atoms with Crippen LogP contribution >= 0.6 is 0 Å². The summed E-state index contributed by atoms with van der Waals surface area (Å²) in [5, 5.41) is 2.48. The number of amides is 3. The summed E-state index contributed by atoms with van der Waals surface area (Å²) in [5.41, 5.74) is 6.96. The van der Waals surface area contributed by atoms with Crippen molar-refractivity contribution >= 4 is 11.9 Å². The van der Waals surface area contributed by atoms with Gasteiger partial charge in [0.1, 0.15) is 0 Å². The van der Waals surface area contributed by atoms with Crippen LogP contribution in [0.25, 0.3) is 0 Å². The molecule has 1 fully saturated rings. The first kappa shape index (κ1) is 12.1. The molecule has 5 heteroatoms. The van der Waals surface area contributed by atoms with Crippen LogP contribution < -0.4 is 11.1 Å². The Hall–Kier alpha value is -2.32. The van der Waals surface area contributed by atoms with Gasteiger partial charge in [0.25, 0.3) is 0 Å². The molecule has 1 saturated heterocycles. The van der Waals surface area contributed by atoms with Crippen LogP contribution in [0.3, 0.4) is 0 Å². The van der Waals surface area contributed by atoms with Crippen molar-refractivity contribution in [2.24, 2.45) is 5.73 Å². The molecule has 0 spiro atoms. The number of carbonyl (C=O) groups excluding carboxylic acids is 2. The Labute approximate surface area is 105 Å². The van der Waals surface area contributed by atoms with Crippen molar-refractivity contribution in [1.29, 1.82) is 0 Å². The lowest BCUT2D eigenvalue weighted by Crippen LogP contribution is -2.30. The largest absolute Gasteiger partial charge is 0.329 e. The van der Waals surface area contributed by atoms with Crippen LogP contribution in [0.4, 0.5) is 4.79 Å². The lowest BCUT2D eigenvalue weighted by Gasteiger charge is -2.13. The van der Waals surface area contributed by atoms with Crippen LogP contribution in [-0.4, -0.2) is 29.9 Å². The molecule has 18 heavy (non-hydrogen) atoms. The summed E-state index contributed by atoms with van der Waals surface area (Å²) in [6, 6.07) is 7.04. The Balaban J connectivity index is 2.23. The quantitative estimate of drug-likeness (QED) is 0.569. The van der Waals surface area contributed by atoms with Gasteiger partial charge in [-0.2, -0.15) is 0 Å². The average Bonchev–Trinajstić information content (AvgIpc) is 2.69. The van der Waals surface area contributed by atoms with Gasteiger partial charge in [0.05, 0.1) is 19.6 Å². The molecule has 0 bridgehead atoms. The highest BCUT2D eigenvalue weighted by Gasteiger charge is 2.28. The highest BCUT2D eigenvalue weighted by molar-refractivity contribution is 6.01. The molecular weight excluding hydrogens is 230 g/mol. The second-order valence-corrected chi connectivity index (χ2v) is 3.80. The standard InChI is InChI=1S/C13H13N3O2/c14-7-3-6-10-4-1-2-5-11(10)9-16-12(17)8-15-13(16)18/h1-2,4-5H,7-9,14H2,(H,15,18). The molecule has 1 aliphatic heterocycles. The SMILES string of the molecule is NCC#Cc1ccccc1CN1C(=O)CNC1=O. The number of carbonyl (C=O) groups is 2. The predicted octanol–water partition coefficient (Wildman–Crippen LogP) is 0.0486. The maximum Gasteiger partial charge on any atom is 0.324 e. The molecule has 1 aliphatic rings. The van der Waals surface area contributed by atoms with Crippen LogP contribution in [0.5, 0.6) is 0 Å². The molecule has 1 aromatic rings. The van der Waals surface area contributed by atoms with Crippen molar-refractivity contribution in [2.75, 3.05) is 13.1 Å². The molecule has 0 saturated carbocycles. The van der Waals surface area contributed by atoms with E-state index in [9.17, 15) is 9.59 Å². The Morgan fingerprint density at radius 1 is 1.33 bits per heavy atom. The summed E-state index contributed by atoms with van der Waals surface area (Å²) in [4.78, 5) is 24.1. The van der Waals surface area contributed by atoms with Gasteiger partial charge >= 0.3 is 6.03 Å². The van der Waals surface area contributed by atoms with Crippen LogP contribution in [-0.2, 0) is 11.3 Å². The third kappa shape index (κ3) is 2.50. The number of nitrogens with two attached hydrogens (primary N) is 1. The highest BCUT2D eigenvalue weighted by atomic mass is 16.2. The molecule has 0 atom stereocenters. The summed E-state index contributed by atoms with van der Waals surface area (Å²) in [7, 11) is 0. The number of hydrogen-bond donors (Lipinski definition) is 2. The summed E-state index contributed by atoms with van der Waals surface area (Å²) in [5.74, 6) is 5.48. The van der Waals surface area contributed by atoms with Crippen molar-refractivity contribution in [3.05, 3.63) is 35.4 Å². The molecule has 3 amide bonds. The lowest BCUT2D eigenvalue weighted by atomic mass is 10.1. The first-order valence-electron chi connectivity index (χ1n) is 5.57. The van der Waals surface area contributed by atoms with Crippen molar-refractivity contribution in [1.82, 2.24) is 10.2 Å². The van der Waals surface area contributed by atoms with Crippen molar-refractivity contribution in [2.45, 2.75) is 6.54 Å². The Bertz CT molecular complexity index is 527. The Morgan fingerprint density at radius 3 is 2.78 bits per heavy atom. The molecule has 2 rings (SSSR count). The molecular formula is C13H13N3O2.